The van der Waals surface area contributed by atoms with Crippen LogP contribution >= 0.6 is 0 Å². The zero-order valence-electron chi connectivity index (χ0n) is 13.4. The van der Waals surface area contributed by atoms with Gasteiger partial charge in [0.2, 0.25) is 11.8 Å². The van der Waals surface area contributed by atoms with E-state index >= 15 is 0 Å². The van der Waals surface area contributed by atoms with Gasteiger partial charge in [-0.15, -0.1) is 0 Å². The maximum Gasteiger partial charge on any atom is 0.223 e. The number of benzene rings is 1. The number of carbonyl (C=O) groups excluding carboxylic acids is 2. The third-order valence-electron chi connectivity index (χ3n) is 3.98. The molecule has 1 aromatic carbocycles. The first-order valence-electron chi connectivity index (χ1n) is 7.83. The molecule has 0 unspecified atom stereocenters. The first kappa shape index (κ1) is 17.0. The Labute approximate surface area is 136 Å². The minimum absolute atomic E-state index is 0.0679. The lowest BCUT2D eigenvalue weighted by atomic mass is 10.1. The average molecular weight is 314 g/mol. The molecular formula is C17H22N4O2. The van der Waals surface area contributed by atoms with Gasteiger partial charge in [-0.1, -0.05) is 12.1 Å². The van der Waals surface area contributed by atoms with Gasteiger partial charge >= 0.3 is 0 Å². The van der Waals surface area contributed by atoms with E-state index in [1.165, 1.54) is 0 Å². The molecule has 122 valence electrons. The molecule has 1 N–H and O–H groups in total. The van der Waals surface area contributed by atoms with Crippen LogP contribution in [0.3, 0.4) is 0 Å². The highest BCUT2D eigenvalue weighted by Crippen LogP contribution is 2.05. The van der Waals surface area contributed by atoms with E-state index in [0.29, 0.717) is 51.3 Å². The van der Waals surface area contributed by atoms with Gasteiger partial charge in [-0.2, -0.15) is 5.26 Å². The molecule has 1 aliphatic rings. The standard InChI is InChI=1S/C17H22N4O2/c1-14(22)20-7-9-21(10-8-20)17(23)5-6-19-13-16-4-2-3-15(11-16)12-18/h2-4,11,19H,5-10,13H2,1H3. The highest BCUT2D eigenvalue weighted by atomic mass is 16.2. The number of piperazine rings is 1. The van der Waals surface area contributed by atoms with Crippen molar-refractivity contribution in [3.05, 3.63) is 35.4 Å². The molecule has 23 heavy (non-hydrogen) atoms. The van der Waals surface area contributed by atoms with Crippen molar-refractivity contribution in [3.63, 3.8) is 0 Å². The Morgan fingerprint density at radius 1 is 1.22 bits per heavy atom. The van der Waals surface area contributed by atoms with Gasteiger partial charge in [-0.3, -0.25) is 9.59 Å². The van der Waals surface area contributed by atoms with Crippen LogP contribution in [-0.4, -0.2) is 54.3 Å². The predicted octanol–water partition coefficient (Wildman–Crippen LogP) is 0.729. The Morgan fingerprint density at radius 2 is 1.91 bits per heavy atom. The van der Waals surface area contributed by atoms with E-state index in [2.05, 4.69) is 11.4 Å². The molecule has 1 saturated heterocycles. The van der Waals surface area contributed by atoms with Crippen molar-refractivity contribution < 1.29 is 9.59 Å². The number of hydrogen-bond acceptors (Lipinski definition) is 4. The Kier molecular flexibility index (Phi) is 6.12. The van der Waals surface area contributed by atoms with Gasteiger partial charge in [0, 0.05) is 52.6 Å². The summed E-state index contributed by atoms with van der Waals surface area (Å²) >= 11 is 0. The summed E-state index contributed by atoms with van der Waals surface area (Å²) in [6.45, 7) is 5.27. The van der Waals surface area contributed by atoms with Gasteiger partial charge in [0.15, 0.2) is 0 Å². The first-order valence-corrected chi connectivity index (χ1v) is 7.83. The molecule has 1 aliphatic heterocycles. The van der Waals surface area contributed by atoms with Gasteiger partial charge in [0.05, 0.1) is 11.6 Å². The molecule has 0 bridgehead atoms. The van der Waals surface area contributed by atoms with Crippen LogP contribution in [0.5, 0.6) is 0 Å². The summed E-state index contributed by atoms with van der Waals surface area (Å²) in [7, 11) is 0. The number of carbonyl (C=O) groups is 2. The van der Waals surface area contributed by atoms with E-state index in [0.717, 1.165) is 5.56 Å². The molecular weight excluding hydrogens is 292 g/mol. The van der Waals surface area contributed by atoms with Crippen molar-refractivity contribution in [1.29, 1.82) is 5.26 Å². The minimum Gasteiger partial charge on any atom is -0.339 e. The van der Waals surface area contributed by atoms with E-state index in [4.69, 9.17) is 5.26 Å². The van der Waals surface area contributed by atoms with Crippen LogP contribution in [0.2, 0.25) is 0 Å². The highest BCUT2D eigenvalue weighted by molar-refractivity contribution is 5.77. The molecule has 6 heteroatoms. The number of nitrogens with zero attached hydrogens (tertiary/aromatic N) is 3. The van der Waals surface area contributed by atoms with Crippen molar-refractivity contribution in [2.24, 2.45) is 0 Å². The monoisotopic (exact) mass is 314 g/mol. The second kappa shape index (κ2) is 8.30. The largest absolute Gasteiger partial charge is 0.339 e. The molecule has 0 atom stereocenters. The summed E-state index contributed by atoms with van der Waals surface area (Å²) in [4.78, 5) is 27.0. The van der Waals surface area contributed by atoms with Gasteiger partial charge in [0.25, 0.3) is 0 Å². The lowest BCUT2D eigenvalue weighted by molar-refractivity contribution is -0.138. The first-order chi connectivity index (χ1) is 11.1. The van der Waals surface area contributed by atoms with E-state index in [1.807, 2.05) is 23.1 Å². The number of amides is 2. The Bertz CT molecular complexity index is 601. The van der Waals surface area contributed by atoms with Crippen LogP contribution in [0.15, 0.2) is 24.3 Å². The molecule has 1 aromatic rings. The summed E-state index contributed by atoms with van der Waals surface area (Å²) in [5.41, 5.74) is 1.68. The quantitative estimate of drug-likeness (QED) is 0.813. The van der Waals surface area contributed by atoms with Crippen LogP contribution in [0.4, 0.5) is 0 Å². The predicted molar refractivity (Wildman–Crippen MR) is 86.3 cm³/mol. The summed E-state index contributed by atoms with van der Waals surface area (Å²) in [5.74, 6) is 0.185. The maximum absolute atomic E-state index is 12.1. The molecule has 2 rings (SSSR count). The number of rotatable bonds is 5. The van der Waals surface area contributed by atoms with Gasteiger partial charge in [0.1, 0.15) is 0 Å². The van der Waals surface area contributed by atoms with Crippen LogP contribution in [0.1, 0.15) is 24.5 Å². The van der Waals surface area contributed by atoms with Crippen molar-refractivity contribution >= 4 is 11.8 Å². The third kappa shape index (κ3) is 5.08. The zero-order valence-corrected chi connectivity index (χ0v) is 13.4. The van der Waals surface area contributed by atoms with Crippen LogP contribution in [0.25, 0.3) is 0 Å². The molecule has 0 spiro atoms. The summed E-state index contributed by atoms with van der Waals surface area (Å²) < 4.78 is 0. The second-order valence-corrected chi connectivity index (χ2v) is 5.63. The fraction of sp³-hybridized carbons (Fsp3) is 0.471. The molecule has 0 saturated carbocycles. The van der Waals surface area contributed by atoms with Gasteiger partial charge in [-0.25, -0.2) is 0 Å². The number of nitriles is 1. The Hall–Kier alpha value is -2.39. The van der Waals surface area contributed by atoms with Crippen LogP contribution < -0.4 is 5.32 Å². The molecule has 0 aliphatic carbocycles. The molecule has 6 nitrogen and oxygen atoms in total. The Morgan fingerprint density at radius 3 is 2.57 bits per heavy atom. The van der Waals surface area contributed by atoms with Crippen molar-refractivity contribution in [2.75, 3.05) is 32.7 Å². The molecule has 1 heterocycles. The lowest BCUT2D eigenvalue weighted by Crippen LogP contribution is -2.50. The van der Waals surface area contributed by atoms with Crippen molar-refractivity contribution in [1.82, 2.24) is 15.1 Å². The van der Waals surface area contributed by atoms with E-state index in [1.54, 1.807) is 17.9 Å². The molecule has 0 radical (unpaired) electrons. The van der Waals surface area contributed by atoms with E-state index in [-0.39, 0.29) is 11.8 Å². The van der Waals surface area contributed by atoms with E-state index < -0.39 is 0 Å². The lowest BCUT2D eigenvalue weighted by Gasteiger charge is -2.34. The summed E-state index contributed by atoms with van der Waals surface area (Å²) in [5, 5.41) is 12.1. The SMILES string of the molecule is CC(=O)N1CCN(C(=O)CCNCc2cccc(C#N)c2)CC1. The van der Waals surface area contributed by atoms with Gasteiger partial charge < -0.3 is 15.1 Å². The summed E-state index contributed by atoms with van der Waals surface area (Å²) in [6.07, 6.45) is 0.442. The van der Waals surface area contributed by atoms with E-state index in [9.17, 15) is 9.59 Å². The van der Waals surface area contributed by atoms with Crippen molar-refractivity contribution in [3.8, 4) is 6.07 Å². The van der Waals surface area contributed by atoms with Crippen molar-refractivity contribution in [2.45, 2.75) is 19.9 Å². The summed E-state index contributed by atoms with van der Waals surface area (Å²) in [6, 6.07) is 9.54. The molecule has 2 amide bonds. The number of nitrogens with one attached hydrogen (secondary N) is 1. The maximum atomic E-state index is 12.1. The highest BCUT2D eigenvalue weighted by Gasteiger charge is 2.21. The normalized spacial score (nSPS) is 14.4. The molecule has 1 fully saturated rings. The fourth-order valence-corrected chi connectivity index (χ4v) is 2.61. The Balaban J connectivity index is 1.67. The third-order valence-corrected chi connectivity index (χ3v) is 3.98. The van der Waals surface area contributed by atoms with Crippen LogP contribution in [-0.2, 0) is 16.1 Å². The fourth-order valence-electron chi connectivity index (χ4n) is 2.61. The van der Waals surface area contributed by atoms with Crippen LogP contribution in [0, 0.1) is 11.3 Å². The minimum atomic E-state index is 0.0679. The molecule has 0 aromatic heterocycles. The second-order valence-electron chi connectivity index (χ2n) is 5.63. The topological polar surface area (TPSA) is 76.4 Å². The van der Waals surface area contributed by atoms with Gasteiger partial charge in [-0.05, 0) is 17.7 Å². The zero-order chi connectivity index (χ0) is 16.7. The number of hydrogen-bond donors (Lipinski definition) is 1. The smallest absolute Gasteiger partial charge is 0.223 e. The average Bonchev–Trinajstić information content (AvgIpc) is 2.58.